The third-order valence-electron chi connectivity index (χ3n) is 7.55. The lowest BCUT2D eigenvalue weighted by Gasteiger charge is -2.37. The third-order valence-corrected chi connectivity index (χ3v) is 7.55. The number of fused-ring (bicyclic) bond motifs is 1. The molecule has 1 N–H and O–H groups in total. The van der Waals surface area contributed by atoms with Gasteiger partial charge in [0.25, 0.3) is 0 Å². The lowest BCUT2D eigenvalue weighted by Crippen LogP contribution is -2.56. The number of hydrogen-bond acceptors (Lipinski definition) is 6. The van der Waals surface area contributed by atoms with Crippen LogP contribution in [0.3, 0.4) is 0 Å². The number of hydrogen-bond donors (Lipinski definition) is 1. The summed E-state index contributed by atoms with van der Waals surface area (Å²) in [7, 11) is 0. The molecule has 3 heterocycles. The number of carbonyl (C=O) groups is 3. The molecule has 3 rings (SSSR count). The van der Waals surface area contributed by atoms with E-state index in [1.54, 1.807) is 22.8 Å². The molecule has 8 heteroatoms. The van der Waals surface area contributed by atoms with E-state index in [0.717, 1.165) is 19.3 Å². The van der Waals surface area contributed by atoms with Crippen LogP contribution in [0.4, 0.5) is 0 Å². The number of aliphatic hydroxyl groups excluding tert-OH is 1. The van der Waals surface area contributed by atoms with Gasteiger partial charge in [0.2, 0.25) is 11.8 Å². The van der Waals surface area contributed by atoms with E-state index in [-0.39, 0.29) is 25.0 Å². The van der Waals surface area contributed by atoms with Gasteiger partial charge in [-0.25, -0.2) is 0 Å². The molecule has 1 spiro atoms. The van der Waals surface area contributed by atoms with Gasteiger partial charge in [-0.15, -0.1) is 6.58 Å². The second-order valence-corrected chi connectivity index (χ2v) is 9.72. The zero-order valence-corrected chi connectivity index (χ0v) is 20.4. The average Bonchev–Trinajstić information content (AvgIpc) is 3.34. The Balaban J connectivity index is 1.98. The van der Waals surface area contributed by atoms with E-state index < -0.39 is 35.0 Å². The molecule has 3 fully saturated rings. The number of ether oxygens (including phenoxy) is 2. The number of aliphatic hydroxyl groups is 1. The van der Waals surface area contributed by atoms with Crippen molar-refractivity contribution in [3.05, 3.63) is 12.7 Å². The number of rotatable bonds is 13. The Morgan fingerprint density at radius 2 is 2.03 bits per heavy atom. The number of carbonyl (C=O) groups excluding carboxylic acids is 3. The van der Waals surface area contributed by atoms with Gasteiger partial charge in [-0.1, -0.05) is 25.8 Å². The molecule has 2 unspecified atom stereocenters. The Kier molecular flexibility index (Phi) is 8.22. The Morgan fingerprint density at radius 1 is 1.27 bits per heavy atom. The minimum absolute atomic E-state index is 0.0227. The van der Waals surface area contributed by atoms with Crippen molar-refractivity contribution in [2.24, 2.45) is 11.8 Å². The highest BCUT2D eigenvalue weighted by atomic mass is 16.6. The van der Waals surface area contributed by atoms with Gasteiger partial charge in [-0.3, -0.25) is 14.4 Å². The van der Waals surface area contributed by atoms with E-state index in [2.05, 4.69) is 13.5 Å². The fraction of sp³-hybridized carbons (Fsp3) is 0.800. The summed E-state index contributed by atoms with van der Waals surface area (Å²) in [6.45, 7) is 11.1. The molecule has 0 aromatic rings. The summed E-state index contributed by atoms with van der Waals surface area (Å²) in [5.74, 6) is -2.21. The van der Waals surface area contributed by atoms with Gasteiger partial charge in [0.05, 0.1) is 18.1 Å². The van der Waals surface area contributed by atoms with Crippen molar-refractivity contribution in [2.75, 3.05) is 32.8 Å². The number of esters is 1. The van der Waals surface area contributed by atoms with Gasteiger partial charge in [0.15, 0.2) is 0 Å². The van der Waals surface area contributed by atoms with E-state index in [4.69, 9.17) is 9.47 Å². The van der Waals surface area contributed by atoms with Crippen LogP contribution in [-0.2, 0) is 23.9 Å². The van der Waals surface area contributed by atoms with Crippen molar-refractivity contribution in [1.82, 2.24) is 9.80 Å². The SMILES string of the molecule is C=CCN(CCCCC)C(=O)C1N(CCCCO)C(=O)[C@@H]2[C@H](C(=O)OCC)[C@]3(C)CCC12O3. The van der Waals surface area contributed by atoms with Gasteiger partial charge in [0.1, 0.15) is 17.6 Å². The number of unbranched alkanes of at least 4 members (excludes halogenated alkanes) is 3. The molecule has 0 aliphatic carbocycles. The predicted octanol–water partition coefficient (Wildman–Crippen LogP) is 2.29. The maximum absolute atomic E-state index is 14.0. The normalized spacial score (nSPS) is 32.2. The summed E-state index contributed by atoms with van der Waals surface area (Å²) in [5.41, 5.74) is -1.84. The highest BCUT2D eigenvalue weighted by Gasteiger charge is 2.78. The number of nitrogens with zero attached hydrogens (tertiary/aromatic N) is 2. The molecule has 3 aliphatic heterocycles. The van der Waals surface area contributed by atoms with E-state index >= 15 is 0 Å². The number of likely N-dealkylation sites (tertiary alicyclic amines) is 1. The van der Waals surface area contributed by atoms with Crippen LogP contribution in [-0.4, -0.2) is 82.8 Å². The summed E-state index contributed by atoms with van der Waals surface area (Å²) < 4.78 is 11.9. The molecule has 8 nitrogen and oxygen atoms in total. The summed E-state index contributed by atoms with van der Waals surface area (Å²) in [5, 5.41) is 9.26. The van der Waals surface area contributed by atoms with Crippen molar-refractivity contribution >= 4 is 17.8 Å². The zero-order valence-electron chi connectivity index (χ0n) is 20.4. The van der Waals surface area contributed by atoms with Crippen LogP contribution >= 0.6 is 0 Å². The number of amides is 2. The summed E-state index contributed by atoms with van der Waals surface area (Å²) >= 11 is 0. The Labute approximate surface area is 197 Å². The molecular weight excluding hydrogens is 424 g/mol. The van der Waals surface area contributed by atoms with Crippen molar-refractivity contribution in [2.45, 2.75) is 83.0 Å². The van der Waals surface area contributed by atoms with E-state index in [0.29, 0.717) is 45.3 Å². The van der Waals surface area contributed by atoms with Gasteiger partial charge in [0, 0.05) is 26.2 Å². The summed E-state index contributed by atoms with van der Waals surface area (Å²) in [4.78, 5) is 44.1. The fourth-order valence-electron chi connectivity index (χ4n) is 6.10. The van der Waals surface area contributed by atoms with Crippen molar-refractivity contribution in [3.8, 4) is 0 Å². The second-order valence-electron chi connectivity index (χ2n) is 9.72. The molecule has 0 aromatic carbocycles. The standard InChI is InChI=1S/C25H40N2O6/c1-5-8-9-15-26(14-6-2)22(30)20-25-13-12-24(4,33-25)19(23(31)32-7-3)18(25)21(29)27(20)16-10-11-17-28/h6,18-20,28H,2,5,7-17H2,1,3-4H3/t18-,19+,20?,24-,25?/m0/s1. The summed E-state index contributed by atoms with van der Waals surface area (Å²) in [6.07, 6.45) is 6.91. The first-order valence-electron chi connectivity index (χ1n) is 12.5. The molecule has 2 bridgehead atoms. The van der Waals surface area contributed by atoms with Gasteiger partial charge >= 0.3 is 5.97 Å². The van der Waals surface area contributed by atoms with Gasteiger partial charge in [-0.05, 0) is 46.0 Å². The molecule has 3 aliphatic rings. The van der Waals surface area contributed by atoms with Crippen LogP contribution in [0.15, 0.2) is 12.7 Å². The molecular formula is C25H40N2O6. The van der Waals surface area contributed by atoms with E-state index in [1.807, 2.05) is 6.92 Å². The Morgan fingerprint density at radius 3 is 2.67 bits per heavy atom. The third kappa shape index (κ3) is 4.44. The largest absolute Gasteiger partial charge is 0.466 e. The molecule has 186 valence electrons. The van der Waals surface area contributed by atoms with Crippen LogP contribution in [0.1, 0.15) is 65.7 Å². The highest BCUT2D eigenvalue weighted by Crippen LogP contribution is 2.63. The molecule has 0 radical (unpaired) electrons. The van der Waals surface area contributed by atoms with Crippen LogP contribution in [0.25, 0.3) is 0 Å². The van der Waals surface area contributed by atoms with Crippen LogP contribution in [0.5, 0.6) is 0 Å². The van der Waals surface area contributed by atoms with Crippen LogP contribution < -0.4 is 0 Å². The highest BCUT2D eigenvalue weighted by molar-refractivity contribution is 5.98. The van der Waals surface area contributed by atoms with Gasteiger partial charge in [-0.2, -0.15) is 0 Å². The summed E-state index contributed by atoms with van der Waals surface area (Å²) in [6, 6.07) is -0.781. The maximum atomic E-state index is 14.0. The first kappa shape index (κ1) is 25.7. The predicted molar refractivity (Wildman–Crippen MR) is 123 cm³/mol. The topological polar surface area (TPSA) is 96.4 Å². The quantitative estimate of drug-likeness (QED) is 0.255. The lowest BCUT2D eigenvalue weighted by atomic mass is 9.66. The van der Waals surface area contributed by atoms with Crippen LogP contribution in [0.2, 0.25) is 0 Å². The first-order valence-corrected chi connectivity index (χ1v) is 12.5. The monoisotopic (exact) mass is 464 g/mol. The molecule has 0 aromatic heterocycles. The maximum Gasteiger partial charge on any atom is 0.312 e. The first-order chi connectivity index (χ1) is 15.8. The molecule has 0 saturated carbocycles. The zero-order chi connectivity index (χ0) is 24.2. The van der Waals surface area contributed by atoms with Crippen molar-refractivity contribution < 1.29 is 29.0 Å². The smallest absolute Gasteiger partial charge is 0.312 e. The Bertz CT molecular complexity index is 757. The Hall–Kier alpha value is -1.93. The fourth-order valence-corrected chi connectivity index (χ4v) is 6.10. The second kappa shape index (κ2) is 10.6. The minimum Gasteiger partial charge on any atom is -0.466 e. The average molecular weight is 465 g/mol. The minimum atomic E-state index is -1.02. The van der Waals surface area contributed by atoms with Crippen LogP contribution in [0, 0.1) is 11.8 Å². The van der Waals surface area contributed by atoms with Crippen molar-refractivity contribution in [3.63, 3.8) is 0 Å². The molecule has 5 atom stereocenters. The van der Waals surface area contributed by atoms with Crippen molar-refractivity contribution in [1.29, 1.82) is 0 Å². The molecule has 3 saturated heterocycles. The lowest BCUT2D eigenvalue weighted by molar-refractivity contribution is -0.160. The van der Waals surface area contributed by atoms with E-state index in [9.17, 15) is 19.5 Å². The van der Waals surface area contributed by atoms with Gasteiger partial charge < -0.3 is 24.4 Å². The van der Waals surface area contributed by atoms with E-state index in [1.165, 1.54) is 0 Å². The molecule has 2 amide bonds. The molecule has 33 heavy (non-hydrogen) atoms.